The zero-order valence-electron chi connectivity index (χ0n) is 27.9. The van der Waals surface area contributed by atoms with Gasteiger partial charge in [0.1, 0.15) is 11.2 Å². The molecule has 8 aliphatic carbocycles. The molecule has 0 aliphatic heterocycles. The molecule has 0 aromatic carbocycles. The van der Waals surface area contributed by atoms with Crippen molar-refractivity contribution < 1.29 is 89.2 Å². The second-order valence-corrected chi connectivity index (χ2v) is 17.2. The number of esters is 6. The molecule has 5 atom stereocenters. The lowest BCUT2D eigenvalue weighted by atomic mass is 9.52. The van der Waals surface area contributed by atoms with Crippen molar-refractivity contribution in [3.05, 3.63) is 0 Å². The Morgan fingerprint density at radius 3 is 1.50 bits per heavy atom. The molecular weight excluding hydrogens is 726 g/mol. The van der Waals surface area contributed by atoms with Crippen molar-refractivity contribution in [3.8, 4) is 0 Å². The van der Waals surface area contributed by atoms with E-state index in [1.165, 1.54) is 0 Å². The maximum absolute atomic E-state index is 13.5. The minimum Gasteiger partial charge on any atom is -0.456 e. The van der Waals surface area contributed by atoms with Gasteiger partial charge < -0.3 is 38.6 Å². The van der Waals surface area contributed by atoms with Gasteiger partial charge in [-0.2, -0.15) is 17.2 Å². The maximum atomic E-state index is 13.5. The number of hydrogen-bond acceptors (Lipinski definition) is 16. The number of hydrogen-bond donors (Lipinski definition) is 3. The summed E-state index contributed by atoms with van der Waals surface area (Å²) in [6.45, 7) is -3.69. The lowest BCUT2D eigenvalue weighted by molar-refractivity contribution is -0.223. The van der Waals surface area contributed by atoms with Crippen LogP contribution < -0.4 is 0 Å². The normalized spacial score (nSPS) is 36.0. The third-order valence-corrected chi connectivity index (χ3v) is 11.9. The Labute approximate surface area is 295 Å². The number of rotatable bonds is 14. The van der Waals surface area contributed by atoms with E-state index in [2.05, 4.69) is 4.74 Å². The smallest absolute Gasteiger partial charge is 0.456 e. The van der Waals surface area contributed by atoms with Gasteiger partial charge in [-0.3, -0.25) is 9.35 Å². The molecule has 0 saturated heterocycles. The summed E-state index contributed by atoms with van der Waals surface area (Å²) in [5, 5.41) is 16.3. The van der Waals surface area contributed by atoms with Gasteiger partial charge in [0.05, 0.1) is 17.6 Å². The van der Waals surface area contributed by atoms with Crippen molar-refractivity contribution >= 4 is 45.9 Å². The highest BCUT2D eigenvalue weighted by Crippen LogP contribution is 2.60. The standard InChI is InChI=1S/C32H40F2O17S/c33-32(34,52(43,44)45)27(40)48-12-23(36)49-21(26(39)47-14-25(38)51-31-10-19-2-20(11-31)7-29(42,6-19)16-31)3-22(35)46-13-24(37)50-30-8-17-1-18(9-30)5-28(41,4-17)15-30/h17-21,41-42H,1-16H2,(H,43,44,45). The zero-order chi connectivity index (χ0) is 37.9. The highest BCUT2D eigenvalue weighted by Gasteiger charge is 2.60. The number of carbonyl (C=O) groups excluding carboxylic acids is 6. The second-order valence-electron chi connectivity index (χ2n) is 15.7. The predicted molar refractivity (Wildman–Crippen MR) is 161 cm³/mol. The maximum Gasteiger partial charge on any atom is 0.465 e. The van der Waals surface area contributed by atoms with Gasteiger partial charge in [-0.25, -0.2) is 24.0 Å². The number of aliphatic hydroxyl groups is 2. The Kier molecular flexibility index (Phi) is 9.87. The fraction of sp³-hybridized carbons (Fsp3) is 0.812. The lowest BCUT2D eigenvalue weighted by Gasteiger charge is -2.59. The Balaban J connectivity index is 1.04. The van der Waals surface area contributed by atoms with E-state index in [0.29, 0.717) is 51.4 Å². The van der Waals surface area contributed by atoms with Crippen LogP contribution in [0, 0.1) is 23.7 Å². The molecule has 290 valence electrons. The van der Waals surface area contributed by atoms with Crippen molar-refractivity contribution in [3.63, 3.8) is 0 Å². The first-order chi connectivity index (χ1) is 24.1. The first kappa shape index (κ1) is 38.2. The van der Waals surface area contributed by atoms with Gasteiger partial charge in [-0.05, 0) is 87.9 Å². The predicted octanol–water partition coefficient (Wildman–Crippen LogP) is 0.652. The minimum atomic E-state index is -6.27. The van der Waals surface area contributed by atoms with E-state index < -0.39 is 106 Å². The van der Waals surface area contributed by atoms with Crippen LogP contribution in [0.5, 0.6) is 0 Å². The lowest BCUT2D eigenvalue weighted by Crippen LogP contribution is -2.60. The molecule has 3 N–H and O–H groups in total. The minimum absolute atomic E-state index is 0.152. The van der Waals surface area contributed by atoms with Gasteiger partial charge in [0.2, 0.25) is 6.10 Å². The van der Waals surface area contributed by atoms with E-state index in [9.17, 15) is 56.2 Å². The SMILES string of the molecule is O=C(CC(OC(=O)COC(=O)C(F)(F)S(=O)(=O)O)C(=O)OCC(=O)OC12CC3CC(CC(O)(C3)C1)C2)OCC(=O)OC12CC3CC(CC(O)(C3)C1)C2. The molecule has 0 heterocycles. The van der Waals surface area contributed by atoms with E-state index in [1.54, 1.807) is 0 Å². The van der Waals surface area contributed by atoms with Crippen LogP contribution in [0.1, 0.15) is 83.5 Å². The van der Waals surface area contributed by atoms with Gasteiger partial charge in [0.15, 0.2) is 19.8 Å². The molecule has 20 heteroatoms. The number of halogens is 2. The molecule has 0 radical (unpaired) electrons. The van der Waals surface area contributed by atoms with Crippen LogP contribution in [0.2, 0.25) is 0 Å². The monoisotopic (exact) mass is 766 g/mol. The molecule has 8 bridgehead atoms. The van der Waals surface area contributed by atoms with Crippen LogP contribution in [0.25, 0.3) is 0 Å². The highest BCUT2D eigenvalue weighted by molar-refractivity contribution is 7.87. The molecule has 52 heavy (non-hydrogen) atoms. The Morgan fingerprint density at radius 2 is 1.08 bits per heavy atom. The molecule has 8 aliphatic rings. The fourth-order valence-electron chi connectivity index (χ4n) is 10.3. The van der Waals surface area contributed by atoms with Crippen molar-refractivity contribution in [2.45, 2.75) is 117 Å². The third kappa shape index (κ3) is 8.18. The van der Waals surface area contributed by atoms with Gasteiger partial charge in [0.25, 0.3) is 0 Å². The van der Waals surface area contributed by atoms with Crippen LogP contribution in [0.15, 0.2) is 0 Å². The molecule has 8 rings (SSSR count). The summed E-state index contributed by atoms with van der Waals surface area (Å²) in [4.78, 5) is 74.9. The molecule has 8 saturated carbocycles. The quantitative estimate of drug-likeness (QED) is 0.125. The highest BCUT2D eigenvalue weighted by atomic mass is 32.2. The van der Waals surface area contributed by atoms with E-state index in [-0.39, 0.29) is 36.5 Å². The van der Waals surface area contributed by atoms with E-state index in [1.807, 2.05) is 0 Å². The summed E-state index contributed by atoms with van der Waals surface area (Å²) in [7, 11) is -6.27. The van der Waals surface area contributed by atoms with Gasteiger partial charge in [-0.15, -0.1) is 0 Å². The molecule has 8 fully saturated rings. The summed E-state index contributed by atoms with van der Waals surface area (Å²) in [6, 6.07) is 0. The van der Waals surface area contributed by atoms with Crippen molar-refractivity contribution in [1.82, 2.24) is 0 Å². The van der Waals surface area contributed by atoms with Gasteiger partial charge >= 0.3 is 51.2 Å². The van der Waals surface area contributed by atoms with E-state index >= 15 is 0 Å². The average Bonchev–Trinajstić information content (AvgIpc) is 2.97. The molecule has 0 spiro atoms. The first-order valence-electron chi connectivity index (χ1n) is 17.0. The summed E-state index contributed by atoms with van der Waals surface area (Å²) in [6.07, 6.45) is 3.35. The van der Waals surface area contributed by atoms with E-state index in [0.717, 1.165) is 12.8 Å². The molecule has 0 aromatic rings. The first-order valence-corrected chi connectivity index (χ1v) is 18.4. The summed E-state index contributed by atoms with van der Waals surface area (Å²) in [5.41, 5.74) is -3.80. The third-order valence-electron chi connectivity index (χ3n) is 11.1. The molecule has 17 nitrogen and oxygen atoms in total. The fourth-order valence-corrected chi connectivity index (χ4v) is 10.6. The molecular formula is C32H40F2O17S. The molecule has 0 amide bonds. The van der Waals surface area contributed by atoms with Crippen molar-refractivity contribution in [2.24, 2.45) is 23.7 Å². The Hall–Kier alpha value is -3.49. The van der Waals surface area contributed by atoms with E-state index in [4.69, 9.17) is 28.2 Å². The number of ether oxygens (including phenoxy) is 6. The van der Waals surface area contributed by atoms with Crippen LogP contribution >= 0.6 is 0 Å². The van der Waals surface area contributed by atoms with Gasteiger partial charge in [0, 0.05) is 12.8 Å². The van der Waals surface area contributed by atoms with Crippen LogP contribution in [0.4, 0.5) is 8.78 Å². The Morgan fingerprint density at radius 1 is 0.654 bits per heavy atom. The van der Waals surface area contributed by atoms with Crippen molar-refractivity contribution in [1.29, 1.82) is 0 Å². The molecule has 5 unspecified atom stereocenters. The Bertz CT molecular complexity index is 1600. The van der Waals surface area contributed by atoms with Crippen LogP contribution in [-0.2, 0) is 67.3 Å². The average molecular weight is 767 g/mol. The molecule has 0 aromatic heterocycles. The van der Waals surface area contributed by atoms with Crippen LogP contribution in [-0.4, -0.2) is 113 Å². The van der Waals surface area contributed by atoms with Gasteiger partial charge in [-0.1, -0.05) is 0 Å². The largest absolute Gasteiger partial charge is 0.465 e. The second kappa shape index (κ2) is 13.4. The summed E-state index contributed by atoms with van der Waals surface area (Å²) < 4.78 is 86.8. The number of carbonyl (C=O) groups is 6. The summed E-state index contributed by atoms with van der Waals surface area (Å²) >= 11 is 0. The topological polar surface area (TPSA) is 253 Å². The van der Waals surface area contributed by atoms with Crippen LogP contribution in [0.3, 0.4) is 0 Å². The number of alkyl halides is 2. The zero-order valence-corrected chi connectivity index (χ0v) is 28.7. The summed E-state index contributed by atoms with van der Waals surface area (Å²) in [5.74, 6) is -8.78. The van der Waals surface area contributed by atoms with Crippen molar-refractivity contribution in [2.75, 3.05) is 19.8 Å².